The van der Waals surface area contributed by atoms with Crippen molar-refractivity contribution in [3.05, 3.63) is 53.1 Å². The number of phenols is 1. The summed E-state index contributed by atoms with van der Waals surface area (Å²) >= 11 is 6.19. The minimum absolute atomic E-state index is 0.253. The molecule has 0 radical (unpaired) electrons. The average molecular weight is 277 g/mol. The van der Waals surface area contributed by atoms with Crippen LogP contribution in [-0.4, -0.2) is 11.7 Å². The molecule has 0 heterocycles. The Labute approximate surface area is 118 Å². The Morgan fingerprint density at radius 1 is 1.21 bits per heavy atom. The second kappa shape index (κ2) is 5.85. The lowest BCUT2D eigenvalue weighted by Gasteiger charge is -2.24. The van der Waals surface area contributed by atoms with E-state index in [1.165, 1.54) is 0 Å². The van der Waals surface area contributed by atoms with E-state index in [0.717, 1.165) is 17.8 Å². The maximum atomic E-state index is 9.56. The number of hydrogen-bond acceptors (Lipinski definition) is 3. The lowest BCUT2D eigenvalue weighted by atomic mass is 10.1. The fourth-order valence-electron chi connectivity index (χ4n) is 2.01. The van der Waals surface area contributed by atoms with E-state index >= 15 is 0 Å². The van der Waals surface area contributed by atoms with E-state index in [2.05, 4.69) is 11.8 Å². The lowest BCUT2D eigenvalue weighted by molar-refractivity contribution is 0.475. The van der Waals surface area contributed by atoms with Crippen molar-refractivity contribution in [2.75, 3.05) is 17.2 Å². The summed E-state index contributed by atoms with van der Waals surface area (Å²) < 4.78 is 0. The summed E-state index contributed by atoms with van der Waals surface area (Å²) in [4.78, 5) is 2.11. The first-order valence-electron chi connectivity index (χ1n) is 6.18. The fourth-order valence-corrected chi connectivity index (χ4v) is 2.25. The van der Waals surface area contributed by atoms with Crippen LogP contribution in [0.3, 0.4) is 0 Å². The quantitative estimate of drug-likeness (QED) is 0.838. The SMILES string of the molecule is CCN(Cc1c(N)cccc1Cl)c1cccc(O)c1. The highest BCUT2D eigenvalue weighted by Gasteiger charge is 2.11. The van der Waals surface area contributed by atoms with Gasteiger partial charge in [-0.2, -0.15) is 0 Å². The predicted molar refractivity (Wildman–Crippen MR) is 80.7 cm³/mol. The van der Waals surface area contributed by atoms with Crippen molar-refractivity contribution in [1.82, 2.24) is 0 Å². The van der Waals surface area contributed by atoms with Crippen LogP contribution in [0.1, 0.15) is 12.5 Å². The molecule has 0 atom stereocenters. The first-order chi connectivity index (χ1) is 9.11. The third kappa shape index (κ3) is 3.12. The number of nitrogens with zero attached hydrogens (tertiary/aromatic N) is 1. The average Bonchev–Trinajstić information content (AvgIpc) is 2.38. The van der Waals surface area contributed by atoms with Gasteiger partial charge in [0.25, 0.3) is 0 Å². The second-order valence-electron chi connectivity index (χ2n) is 4.34. The molecule has 0 aliphatic heterocycles. The van der Waals surface area contributed by atoms with Crippen LogP contribution in [0.5, 0.6) is 5.75 Å². The third-order valence-electron chi connectivity index (χ3n) is 3.08. The molecule has 0 spiro atoms. The molecule has 3 nitrogen and oxygen atoms in total. The van der Waals surface area contributed by atoms with E-state index in [1.54, 1.807) is 12.1 Å². The van der Waals surface area contributed by atoms with Crippen molar-refractivity contribution >= 4 is 23.0 Å². The van der Waals surface area contributed by atoms with Gasteiger partial charge in [0, 0.05) is 41.1 Å². The maximum absolute atomic E-state index is 9.56. The summed E-state index contributed by atoms with van der Waals surface area (Å²) in [6.07, 6.45) is 0. The molecule has 2 rings (SSSR count). The minimum atomic E-state index is 0.253. The Kier molecular flexibility index (Phi) is 4.17. The summed E-state index contributed by atoms with van der Waals surface area (Å²) in [5.41, 5.74) is 8.52. The van der Waals surface area contributed by atoms with Crippen LogP contribution in [0.4, 0.5) is 11.4 Å². The molecular formula is C15H17ClN2O. The maximum Gasteiger partial charge on any atom is 0.117 e. The van der Waals surface area contributed by atoms with Crippen molar-refractivity contribution in [2.24, 2.45) is 0 Å². The highest BCUT2D eigenvalue weighted by atomic mass is 35.5. The molecular weight excluding hydrogens is 260 g/mol. The summed E-state index contributed by atoms with van der Waals surface area (Å²) in [6.45, 7) is 3.47. The van der Waals surface area contributed by atoms with Crippen molar-refractivity contribution in [1.29, 1.82) is 0 Å². The predicted octanol–water partition coefficient (Wildman–Crippen LogP) is 3.65. The number of anilines is 2. The zero-order valence-electron chi connectivity index (χ0n) is 10.8. The molecule has 19 heavy (non-hydrogen) atoms. The third-order valence-corrected chi connectivity index (χ3v) is 3.43. The van der Waals surface area contributed by atoms with E-state index < -0.39 is 0 Å². The second-order valence-corrected chi connectivity index (χ2v) is 4.75. The molecule has 3 N–H and O–H groups in total. The smallest absolute Gasteiger partial charge is 0.117 e. The molecule has 0 fully saturated rings. The zero-order valence-corrected chi connectivity index (χ0v) is 11.6. The van der Waals surface area contributed by atoms with Gasteiger partial charge in [-0.25, -0.2) is 0 Å². The Morgan fingerprint density at radius 2 is 1.95 bits per heavy atom. The highest BCUT2D eigenvalue weighted by Crippen LogP contribution is 2.27. The van der Waals surface area contributed by atoms with Crippen LogP contribution in [0, 0.1) is 0 Å². The molecule has 0 aromatic heterocycles. The zero-order chi connectivity index (χ0) is 13.8. The van der Waals surface area contributed by atoms with Crippen molar-refractivity contribution in [3.63, 3.8) is 0 Å². The molecule has 2 aromatic rings. The van der Waals surface area contributed by atoms with Gasteiger partial charge in [-0.1, -0.05) is 23.7 Å². The first kappa shape index (κ1) is 13.6. The van der Waals surface area contributed by atoms with Crippen LogP contribution < -0.4 is 10.6 Å². The first-order valence-corrected chi connectivity index (χ1v) is 6.56. The van der Waals surface area contributed by atoms with Crippen molar-refractivity contribution < 1.29 is 5.11 Å². The number of benzene rings is 2. The van der Waals surface area contributed by atoms with E-state index in [4.69, 9.17) is 17.3 Å². The Bertz CT molecular complexity index is 552. The van der Waals surface area contributed by atoms with Gasteiger partial charge in [0.05, 0.1) is 0 Å². The van der Waals surface area contributed by atoms with Gasteiger partial charge in [-0.3, -0.25) is 0 Å². The van der Waals surface area contributed by atoms with Crippen LogP contribution in [-0.2, 0) is 6.54 Å². The normalized spacial score (nSPS) is 10.4. The largest absolute Gasteiger partial charge is 0.508 e. The number of rotatable bonds is 4. The molecule has 100 valence electrons. The number of halogens is 1. The summed E-state index contributed by atoms with van der Waals surface area (Å²) in [7, 11) is 0. The minimum Gasteiger partial charge on any atom is -0.508 e. The number of nitrogens with two attached hydrogens (primary N) is 1. The summed E-state index contributed by atoms with van der Waals surface area (Å²) in [5.74, 6) is 0.253. The van der Waals surface area contributed by atoms with Crippen LogP contribution >= 0.6 is 11.6 Å². The Morgan fingerprint density at radius 3 is 2.58 bits per heavy atom. The van der Waals surface area contributed by atoms with Gasteiger partial charge < -0.3 is 15.7 Å². The highest BCUT2D eigenvalue weighted by molar-refractivity contribution is 6.31. The Hall–Kier alpha value is -1.87. The monoisotopic (exact) mass is 276 g/mol. The van der Waals surface area contributed by atoms with E-state index in [1.807, 2.05) is 30.3 Å². The van der Waals surface area contributed by atoms with Crippen LogP contribution in [0.15, 0.2) is 42.5 Å². The van der Waals surface area contributed by atoms with Gasteiger partial charge in [0.1, 0.15) is 5.75 Å². The molecule has 0 unspecified atom stereocenters. The summed E-state index contributed by atoms with van der Waals surface area (Å²) in [6, 6.07) is 12.7. The lowest BCUT2D eigenvalue weighted by Crippen LogP contribution is -2.22. The number of hydrogen-bond donors (Lipinski definition) is 2. The fraction of sp³-hybridized carbons (Fsp3) is 0.200. The van der Waals surface area contributed by atoms with Gasteiger partial charge >= 0.3 is 0 Å². The topological polar surface area (TPSA) is 49.5 Å². The van der Waals surface area contributed by atoms with E-state index in [-0.39, 0.29) is 5.75 Å². The Balaban J connectivity index is 2.29. The molecule has 0 aliphatic rings. The van der Waals surface area contributed by atoms with Gasteiger partial charge in [-0.05, 0) is 31.2 Å². The van der Waals surface area contributed by atoms with E-state index in [9.17, 15) is 5.11 Å². The molecule has 0 bridgehead atoms. The molecule has 0 amide bonds. The number of aromatic hydroxyl groups is 1. The molecule has 2 aromatic carbocycles. The molecule has 0 saturated heterocycles. The van der Waals surface area contributed by atoms with Crippen molar-refractivity contribution in [2.45, 2.75) is 13.5 Å². The van der Waals surface area contributed by atoms with Crippen molar-refractivity contribution in [3.8, 4) is 5.75 Å². The van der Waals surface area contributed by atoms with Gasteiger partial charge in [0.15, 0.2) is 0 Å². The molecule has 0 aliphatic carbocycles. The number of phenolic OH excluding ortho intramolecular Hbond substituents is 1. The van der Waals surface area contributed by atoms with Crippen LogP contribution in [0.2, 0.25) is 5.02 Å². The molecule has 4 heteroatoms. The van der Waals surface area contributed by atoms with Gasteiger partial charge in [-0.15, -0.1) is 0 Å². The van der Waals surface area contributed by atoms with Crippen LogP contribution in [0.25, 0.3) is 0 Å². The van der Waals surface area contributed by atoms with E-state index in [0.29, 0.717) is 17.3 Å². The number of nitrogen functional groups attached to an aromatic ring is 1. The summed E-state index contributed by atoms with van der Waals surface area (Å²) in [5, 5.41) is 10.2. The molecule has 0 saturated carbocycles. The standard InChI is InChI=1S/C15H17ClN2O/c1-2-18(11-5-3-6-12(19)9-11)10-13-14(16)7-4-8-15(13)17/h3-9,19H,2,10,17H2,1H3. The van der Waals surface area contributed by atoms with Gasteiger partial charge in [0.2, 0.25) is 0 Å².